The highest BCUT2D eigenvalue weighted by Crippen LogP contribution is 2.32. The molecule has 0 aliphatic heterocycles. The van der Waals surface area contributed by atoms with Gasteiger partial charge in [-0.05, 0) is 56.3 Å². The topological polar surface area (TPSA) is 20.2 Å². The first-order valence-electron chi connectivity index (χ1n) is 7.90. The van der Waals surface area contributed by atoms with E-state index in [0.29, 0.717) is 11.8 Å². The number of aliphatic hydroxyl groups is 1. The summed E-state index contributed by atoms with van der Waals surface area (Å²) in [7, 11) is 0. The number of rotatable bonds is 4. The van der Waals surface area contributed by atoms with E-state index in [9.17, 15) is 5.11 Å². The van der Waals surface area contributed by atoms with Crippen molar-refractivity contribution in [3.05, 3.63) is 36.5 Å². The van der Waals surface area contributed by atoms with E-state index < -0.39 is 5.60 Å². The van der Waals surface area contributed by atoms with E-state index in [1.54, 1.807) is 0 Å². The van der Waals surface area contributed by atoms with Crippen LogP contribution in [0.1, 0.15) is 52.4 Å². The summed E-state index contributed by atoms with van der Waals surface area (Å²) in [4.78, 5) is 0. The zero-order chi connectivity index (χ0) is 13.7. The Bertz CT molecular complexity index is 366. The Kier molecular flexibility index (Phi) is 5.04. The minimum Gasteiger partial charge on any atom is -0.386 e. The average molecular weight is 260 g/mol. The molecule has 4 atom stereocenters. The van der Waals surface area contributed by atoms with Crippen LogP contribution in [0.15, 0.2) is 36.5 Å². The van der Waals surface area contributed by atoms with Gasteiger partial charge in [-0.2, -0.15) is 0 Å². The van der Waals surface area contributed by atoms with Gasteiger partial charge in [0.15, 0.2) is 0 Å². The largest absolute Gasteiger partial charge is 0.386 e. The monoisotopic (exact) mass is 260 g/mol. The Morgan fingerprint density at radius 3 is 2.63 bits per heavy atom. The summed E-state index contributed by atoms with van der Waals surface area (Å²) >= 11 is 0. The lowest BCUT2D eigenvalue weighted by Crippen LogP contribution is -2.30. The van der Waals surface area contributed by atoms with Crippen LogP contribution in [0.4, 0.5) is 0 Å². The Morgan fingerprint density at radius 1 is 1.16 bits per heavy atom. The maximum Gasteiger partial charge on any atom is 0.0830 e. The number of hydrogen-bond donors (Lipinski definition) is 1. The fourth-order valence-electron chi connectivity index (χ4n) is 3.26. The lowest BCUT2D eigenvalue weighted by molar-refractivity contribution is 0.0599. The van der Waals surface area contributed by atoms with Crippen LogP contribution in [0.5, 0.6) is 0 Å². The fourth-order valence-corrected chi connectivity index (χ4v) is 3.26. The van der Waals surface area contributed by atoms with Gasteiger partial charge in [-0.25, -0.2) is 0 Å². The van der Waals surface area contributed by atoms with Crippen LogP contribution in [-0.2, 0) is 0 Å². The van der Waals surface area contributed by atoms with E-state index in [4.69, 9.17) is 0 Å². The summed E-state index contributed by atoms with van der Waals surface area (Å²) in [6.45, 7) is 4.34. The zero-order valence-corrected chi connectivity index (χ0v) is 12.4. The molecular weight excluding hydrogens is 232 g/mol. The summed E-state index contributed by atoms with van der Waals surface area (Å²) in [5, 5.41) is 10.3. The molecule has 0 bridgehead atoms. The van der Waals surface area contributed by atoms with Crippen LogP contribution < -0.4 is 0 Å². The Labute approximate surface area is 118 Å². The SMILES string of the molecule is CCC1C=CCC(/C=C/C2CC=CC(O)(CC)C2)C1. The maximum absolute atomic E-state index is 10.3. The molecule has 0 spiro atoms. The summed E-state index contributed by atoms with van der Waals surface area (Å²) in [5.41, 5.74) is -0.564. The van der Waals surface area contributed by atoms with Crippen molar-refractivity contribution in [1.82, 2.24) is 0 Å². The van der Waals surface area contributed by atoms with Crippen molar-refractivity contribution in [3.63, 3.8) is 0 Å². The minimum absolute atomic E-state index is 0.515. The van der Waals surface area contributed by atoms with E-state index in [1.807, 2.05) is 6.08 Å². The first-order valence-corrected chi connectivity index (χ1v) is 7.90. The smallest absolute Gasteiger partial charge is 0.0830 e. The van der Waals surface area contributed by atoms with Gasteiger partial charge in [-0.3, -0.25) is 0 Å². The molecule has 1 N–H and O–H groups in total. The van der Waals surface area contributed by atoms with Crippen LogP contribution in [0.25, 0.3) is 0 Å². The molecule has 2 aliphatic carbocycles. The summed E-state index contributed by atoms with van der Waals surface area (Å²) in [5.74, 6) is 1.98. The molecule has 1 heteroatoms. The molecule has 0 radical (unpaired) electrons. The molecule has 0 heterocycles. The third-order valence-electron chi connectivity index (χ3n) is 4.73. The normalized spacial score (nSPS) is 39.0. The molecule has 2 rings (SSSR count). The third-order valence-corrected chi connectivity index (χ3v) is 4.73. The quantitative estimate of drug-likeness (QED) is 0.730. The number of hydrogen-bond acceptors (Lipinski definition) is 1. The van der Waals surface area contributed by atoms with Crippen molar-refractivity contribution in [2.24, 2.45) is 17.8 Å². The van der Waals surface area contributed by atoms with Crippen LogP contribution in [-0.4, -0.2) is 10.7 Å². The van der Waals surface area contributed by atoms with E-state index in [2.05, 4.69) is 44.2 Å². The molecule has 4 unspecified atom stereocenters. The highest BCUT2D eigenvalue weighted by molar-refractivity contribution is 5.11. The summed E-state index contributed by atoms with van der Waals surface area (Å²) < 4.78 is 0. The van der Waals surface area contributed by atoms with Crippen molar-refractivity contribution >= 4 is 0 Å². The second-order valence-electron chi connectivity index (χ2n) is 6.27. The highest BCUT2D eigenvalue weighted by Gasteiger charge is 2.27. The molecule has 0 aromatic rings. The average Bonchev–Trinajstić information content (AvgIpc) is 2.45. The van der Waals surface area contributed by atoms with Crippen LogP contribution >= 0.6 is 0 Å². The molecule has 19 heavy (non-hydrogen) atoms. The van der Waals surface area contributed by atoms with Crippen molar-refractivity contribution in [3.8, 4) is 0 Å². The van der Waals surface area contributed by atoms with Gasteiger partial charge >= 0.3 is 0 Å². The molecule has 0 saturated carbocycles. The Morgan fingerprint density at radius 2 is 1.89 bits per heavy atom. The minimum atomic E-state index is -0.564. The predicted octanol–water partition coefficient (Wildman–Crippen LogP) is 4.64. The van der Waals surface area contributed by atoms with Gasteiger partial charge in [0.25, 0.3) is 0 Å². The van der Waals surface area contributed by atoms with E-state index in [0.717, 1.165) is 25.2 Å². The first kappa shape index (κ1) is 14.6. The van der Waals surface area contributed by atoms with E-state index >= 15 is 0 Å². The zero-order valence-electron chi connectivity index (χ0n) is 12.4. The van der Waals surface area contributed by atoms with Gasteiger partial charge in [-0.1, -0.05) is 50.3 Å². The van der Waals surface area contributed by atoms with Crippen molar-refractivity contribution in [2.45, 2.75) is 58.0 Å². The molecule has 0 aromatic heterocycles. The lowest BCUT2D eigenvalue weighted by atomic mass is 9.80. The predicted molar refractivity (Wildman–Crippen MR) is 81.9 cm³/mol. The van der Waals surface area contributed by atoms with Gasteiger partial charge in [0.05, 0.1) is 5.60 Å². The lowest BCUT2D eigenvalue weighted by Gasteiger charge is -2.30. The van der Waals surface area contributed by atoms with Gasteiger partial charge < -0.3 is 5.11 Å². The van der Waals surface area contributed by atoms with Crippen molar-refractivity contribution < 1.29 is 5.11 Å². The van der Waals surface area contributed by atoms with Gasteiger partial charge in [0, 0.05) is 0 Å². The van der Waals surface area contributed by atoms with Crippen LogP contribution in [0, 0.1) is 17.8 Å². The second kappa shape index (κ2) is 6.56. The summed E-state index contributed by atoms with van der Waals surface area (Å²) in [6.07, 6.45) is 20.2. The maximum atomic E-state index is 10.3. The Balaban J connectivity index is 1.89. The molecular formula is C18H28O. The molecule has 106 valence electrons. The third kappa shape index (κ3) is 4.07. The van der Waals surface area contributed by atoms with Crippen molar-refractivity contribution in [1.29, 1.82) is 0 Å². The standard InChI is InChI=1S/C18H28O/c1-3-15-7-5-8-16(13-15)10-11-17-9-6-12-18(19,4-2)14-17/h5-7,10-12,15-17,19H,3-4,8-9,13-14H2,1-2H3/b11-10+. The fraction of sp³-hybridized carbons (Fsp3) is 0.667. The molecule has 0 saturated heterocycles. The molecule has 0 fully saturated rings. The second-order valence-corrected chi connectivity index (χ2v) is 6.27. The van der Waals surface area contributed by atoms with Gasteiger partial charge in [0.1, 0.15) is 0 Å². The summed E-state index contributed by atoms with van der Waals surface area (Å²) in [6, 6.07) is 0. The molecule has 0 aromatic carbocycles. The molecule has 1 nitrogen and oxygen atoms in total. The first-order chi connectivity index (χ1) is 9.15. The van der Waals surface area contributed by atoms with Crippen LogP contribution in [0.2, 0.25) is 0 Å². The highest BCUT2D eigenvalue weighted by atomic mass is 16.3. The van der Waals surface area contributed by atoms with Crippen molar-refractivity contribution in [2.75, 3.05) is 0 Å². The molecule has 2 aliphatic rings. The Hall–Kier alpha value is -0.820. The van der Waals surface area contributed by atoms with E-state index in [1.165, 1.54) is 19.3 Å². The van der Waals surface area contributed by atoms with Gasteiger partial charge in [-0.15, -0.1) is 0 Å². The number of allylic oxidation sites excluding steroid dienone is 5. The van der Waals surface area contributed by atoms with E-state index in [-0.39, 0.29) is 0 Å². The van der Waals surface area contributed by atoms with Gasteiger partial charge in [0.2, 0.25) is 0 Å². The van der Waals surface area contributed by atoms with Crippen LogP contribution in [0.3, 0.4) is 0 Å². The molecule has 0 amide bonds.